The van der Waals surface area contributed by atoms with E-state index in [9.17, 15) is 0 Å². The Morgan fingerprint density at radius 3 is 2.58 bits per heavy atom. The summed E-state index contributed by atoms with van der Waals surface area (Å²) >= 11 is 1.41. The first-order chi connectivity index (χ1) is 5.65. The van der Waals surface area contributed by atoms with Gasteiger partial charge in [0, 0.05) is 15.7 Å². The summed E-state index contributed by atoms with van der Waals surface area (Å²) in [6, 6.07) is 3.90. The molecule has 0 radical (unpaired) electrons. The Balaban J connectivity index is 2.77. The van der Waals surface area contributed by atoms with Gasteiger partial charge in [0.2, 0.25) is 0 Å². The van der Waals surface area contributed by atoms with E-state index >= 15 is 0 Å². The highest BCUT2D eigenvalue weighted by Gasteiger charge is 2.15. The summed E-state index contributed by atoms with van der Waals surface area (Å²) < 4.78 is 0.590. The molecular formula is C7H12BNO2S. The van der Waals surface area contributed by atoms with Gasteiger partial charge < -0.3 is 15.4 Å². The van der Waals surface area contributed by atoms with E-state index in [0.29, 0.717) is 4.78 Å². The maximum Gasteiger partial charge on any atom is 0.499 e. The average molecular weight is 185 g/mol. The van der Waals surface area contributed by atoms with Crippen molar-refractivity contribution in [2.24, 2.45) is 0 Å². The second kappa shape index (κ2) is 4.05. The lowest BCUT2D eigenvalue weighted by atomic mass is 9.90. The van der Waals surface area contributed by atoms with Gasteiger partial charge in [0.25, 0.3) is 0 Å². The minimum absolute atomic E-state index is 0.266. The Bertz CT molecular complexity index is 251. The van der Waals surface area contributed by atoms with Crippen molar-refractivity contribution in [2.45, 2.75) is 13.0 Å². The van der Waals surface area contributed by atoms with E-state index < -0.39 is 7.12 Å². The molecule has 1 heterocycles. The van der Waals surface area contributed by atoms with Crippen molar-refractivity contribution in [3.05, 3.63) is 17.0 Å². The Hall–Kier alpha value is -0.355. The van der Waals surface area contributed by atoms with Gasteiger partial charge in [-0.15, -0.1) is 11.3 Å². The van der Waals surface area contributed by atoms with Gasteiger partial charge in [-0.3, -0.25) is 0 Å². The van der Waals surface area contributed by atoms with Crippen LogP contribution in [0.3, 0.4) is 0 Å². The van der Waals surface area contributed by atoms with Gasteiger partial charge in [-0.05, 0) is 20.0 Å². The van der Waals surface area contributed by atoms with Crippen molar-refractivity contribution in [3.8, 4) is 0 Å². The van der Waals surface area contributed by atoms with Crippen LogP contribution in [0.2, 0.25) is 0 Å². The highest BCUT2D eigenvalue weighted by atomic mass is 32.1. The van der Waals surface area contributed by atoms with Gasteiger partial charge in [0.05, 0.1) is 0 Å². The van der Waals surface area contributed by atoms with Crippen LogP contribution in [-0.4, -0.2) is 24.2 Å². The molecule has 3 nitrogen and oxygen atoms in total. The van der Waals surface area contributed by atoms with Gasteiger partial charge in [-0.2, -0.15) is 0 Å². The normalized spacial score (nSPS) is 13.0. The quantitative estimate of drug-likeness (QED) is 0.567. The van der Waals surface area contributed by atoms with Crippen LogP contribution in [0, 0.1) is 0 Å². The van der Waals surface area contributed by atoms with Gasteiger partial charge in [0.1, 0.15) is 0 Å². The Morgan fingerprint density at radius 1 is 1.50 bits per heavy atom. The van der Waals surface area contributed by atoms with Crippen LogP contribution >= 0.6 is 11.3 Å². The maximum absolute atomic E-state index is 8.84. The molecule has 0 fully saturated rings. The van der Waals surface area contributed by atoms with Gasteiger partial charge in [0.15, 0.2) is 0 Å². The molecule has 12 heavy (non-hydrogen) atoms. The predicted molar refractivity (Wildman–Crippen MR) is 51.6 cm³/mol. The molecule has 66 valence electrons. The molecule has 0 aromatic carbocycles. The predicted octanol–water partition coefficient (Wildman–Crippen LogP) is -0.292. The molecule has 0 aliphatic rings. The third-order valence-electron chi connectivity index (χ3n) is 1.76. The van der Waals surface area contributed by atoms with Crippen LogP contribution in [0.4, 0.5) is 0 Å². The summed E-state index contributed by atoms with van der Waals surface area (Å²) in [7, 11) is 0.534. The molecule has 0 amide bonds. The van der Waals surface area contributed by atoms with Gasteiger partial charge >= 0.3 is 7.12 Å². The van der Waals surface area contributed by atoms with Crippen LogP contribution in [0.25, 0.3) is 0 Å². The van der Waals surface area contributed by atoms with Crippen molar-refractivity contribution in [2.75, 3.05) is 7.05 Å². The molecule has 0 bridgehead atoms. The summed E-state index contributed by atoms with van der Waals surface area (Å²) in [6.45, 7) is 2.03. The lowest BCUT2D eigenvalue weighted by Gasteiger charge is -2.05. The first-order valence-corrected chi connectivity index (χ1v) is 4.60. The van der Waals surface area contributed by atoms with Crippen LogP contribution in [0.5, 0.6) is 0 Å². The summed E-state index contributed by atoms with van der Waals surface area (Å²) in [5, 5.41) is 20.8. The first-order valence-electron chi connectivity index (χ1n) is 3.78. The molecule has 3 N–H and O–H groups in total. The third-order valence-corrected chi connectivity index (χ3v) is 3.07. The van der Waals surface area contributed by atoms with Gasteiger partial charge in [-0.25, -0.2) is 0 Å². The minimum atomic E-state index is -1.34. The van der Waals surface area contributed by atoms with Crippen LogP contribution in [-0.2, 0) is 0 Å². The number of hydrogen-bond donors (Lipinski definition) is 3. The summed E-state index contributed by atoms with van der Waals surface area (Å²) in [4.78, 5) is 1.11. The van der Waals surface area contributed by atoms with E-state index in [4.69, 9.17) is 10.0 Å². The Labute approximate surface area is 76.2 Å². The van der Waals surface area contributed by atoms with Gasteiger partial charge in [-0.1, -0.05) is 6.07 Å². The second-order valence-electron chi connectivity index (χ2n) is 2.62. The van der Waals surface area contributed by atoms with E-state index in [0.717, 1.165) is 4.88 Å². The van der Waals surface area contributed by atoms with Crippen molar-refractivity contribution in [1.29, 1.82) is 0 Å². The number of rotatable bonds is 3. The SMILES string of the molecule is CN[C@H](C)c1ccc(B(O)O)s1. The molecule has 0 unspecified atom stereocenters. The van der Waals surface area contributed by atoms with Crippen molar-refractivity contribution in [3.63, 3.8) is 0 Å². The fourth-order valence-corrected chi connectivity index (χ4v) is 1.83. The molecule has 0 saturated carbocycles. The second-order valence-corrected chi connectivity index (χ2v) is 3.77. The van der Waals surface area contributed by atoms with Crippen LogP contribution in [0.15, 0.2) is 12.1 Å². The monoisotopic (exact) mass is 185 g/mol. The highest BCUT2D eigenvalue weighted by molar-refractivity contribution is 7.22. The van der Waals surface area contributed by atoms with E-state index in [-0.39, 0.29) is 6.04 Å². The molecular weight excluding hydrogens is 173 g/mol. The van der Waals surface area contributed by atoms with Crippen molar-refractivity contribution < 1.29 is 10.0 Å². The number of nitrogens with one attached hydrogen (secondary N) is 1. The smallest absolute Gasteiger partial charge is 0.423 e. The Kier molecular flexibility index (Phi) is 3.28. The summed E-state index contributed by atoms with van der Waals surface area (Å²) in [5.74, 6) is 0. The molecule has 1 atom stereocenters. The number of hydrogen-bond acceptors (Lipinski definition) is 4. The first kappa shape index (κ1) is 9.73. The van der Waals surface area contributed by atoms with E-state index in [1.165, 1.54) is 11.3 Å². The topological polar surface area (TPSA) is 52.5 Å². The zero-order chi connectivity index (χ0) is 9.14. The molecule has 0 spiro atoms. The van der Waals surface area contributed by atoms with Crippen molar-refractivity contribution >= 4 is 23.2 Å². The molecule has 5 heteroatoms. The largest absolute Gasteiger partial charge is 0.499 e. The zero-order valence-electron chi connectivity index (χ0n) is 7.11. The van der Waals surface area contributed by atoms with Crippen molar-refractivity contribution in [1.82, 2.24) is 5.32 Å². The van der Waals surface area contributed by atoms with Crippen LogP contribution < -0.4 is 10.1 Å². The summed E-state index contributed by atoms with van der Waals surface area (Å²) in [5.41, 5.74) is 0. The lowest BCUT2D eigenvalue weighted by molar-refractivity contribution is 0.427. The highest BCUT2D eigenvalue weighted by Crippen LogP contribution is 2.16. The molecule has 0 saturated heterocycles. The molecule has 1 rings (SSSR count). The standard InChI is InChI=1S/C7H12BNO2S/c1-5(9-2)6-3-4-7(12-6)8(10)11/h3-5,9-11H,1-2H3/t5-/m1/s1. The third kappa shape index (κ3) is 2.07. The zero-order valence-corrected chi connectivity index (χ0v) is 7.93. The van der Waals surface area contributed by atoms with E-state index in [1.807, 2.05) is 20.0 Å². The molecule has 1 aromatic heterocycles. The minimum Gasteiger partial charge on any atom is -0.423 e. The fourth-order valence-electron chi connectivity index (χ4n) is 0.882. The molecule has 1 aromatic rings. The summed E-state index contributed by atoms with van der Waals surface area (Å²) in [6.07, 6.45) is 0. The maximum atomic E-state index is 8.84. The molecule has 0 aliphatic heterocycles. The molecule has 0 aliphatic carbocycles. The lowest BCUT2D eigenvalue weighted by Crippen LogP contribution is -2.26. The average Bonchev–Trinajstić information content (AvgIpc) is 2.51. The number of thiophene rings is 1. The fraction of sp³-hybridized carbons (Fsp3) is 0.429. The Morgan fingerprint density at radius 2 is 2.17 bits per heavy atom. The van der Waals surface area contributed by atoms with Crippen LogP contribution in [0.1, 0.15) is 17.8 Å². The van der Waals surface area contributed by atoms with E-state index in [1.54, 1.807) is 6.07 Å². The van der Waals surface area contributed by atoms with E-state index in [2.05, 4.69) is 5.32 Å².